The third-order valence-electron chi connectivity index (χ3n) is 5.73. The topological polar surface area (TPSA) is 44.1 Å². The Kier molecular flexibility index (Phi) is 9.70. The summed E-state index contributed by atoms with van der Waals surface area (Å²) in [5.41, 5.74) is 3.14. The van der Waals surface area contributed by atoms with Crippen LogP contribution >= 0.6 is 11.3 Å². The fraction of sp³-hybridized carbons (Fsp3) is 0.481. The number of rotatable bonds is 14. The fourth-order valence-corrected chi connectivity index (χ4v) is 4.76. The van der Waals surface area contributed by atoms with Crippen LogP contribution in [-0.2, 0) is 16.1 Å². The second-order valence-corrected chi connectivity index (χ2v) is 10.3. The van der Waals surface area contributed by atoms with Gasteiger partial charge in [-0.3, -0.25) is 0 Å². The highest BCUT2D eigenvalue weighted by Crippen LogP contribution is 2.29. The lowest BCUT2D eigenvalue weighted by molar-refractivity contribution is -0.896. The summed E-state index contributed by atoms with van der Waals surface area (Å²) in [5.74, 6) is -0.126. The Labute approximate surface area is 202 Å². The van der Waals surface area contributed by atoms with E-state index >= 15 is 0 Å². The van der Waals surface area contributed by atoms with Crippen molar-refractivity contribution in [3.63, 3.8) is 0 Å². The van der Waals surface area contributed by atoms with Gasteiger partial charge in [-0.15, -0.1) is 11.3 Å². The average Bonchev–Trinajstić information content (AvgIpc) is 3.45. The van der Waals surface area contributed by atoms with Crippen LogP contribution in [0.15, 0.2) is 54.0 Å². The van der Waals surface area contributed by atoms with Gasteiger partial charge in [-0.25, -0.2) is 9.48 Å². The maximum Gasteiger partial charge on any atom is 0.361 e. The molecule has 0 aliphatic carbocycles. The molecule has 0 atom stereocenters. The third-order valence-corrected chi connectivity index (χ3v) is 6.61. The zero-order valence-corrected chi connectivity index (χ0v) is 21.2. The Bertz CT molecular complexity index is 965. The molecule has 0 bridgehead atoms. The summed E-state index contributed by atoms with van der Waals surface area (Å²) in [6.07, 6.45) is 10.6. The maximum absolute atomic E-state index is 12.5. The van der Waals surface area contributed by atoms with Gasteiger partial charge in [0.2, 0.25) is 0 Å². The van der Waals surface area contributed by atoms with Crippen LogP contribution < -0.4 is 0 Å². The van der Waals surface area contributed by atoms with Crippen LogP contribution in [0.5, 0.6) is 0 Å². The van der Waals surface area contributed by atoms with Crippen molar-refractivity contribution in [2.45, 2.75) is 58.4 Å². The summed E-state index contributed by atoms with van der Waals surface area (Å²) in [5, 5.41) is 6.96. The Morgan fingerprint density at radius 1 is 1.00 bits per heavy atom. The SMILES string of the molecule is CCCCCCCCCOC(=O)C[N+](C)(C)Cc1cn(-c2ccccc2)nc1-c1cccs1. The van der Waals surface area contributed by atoms with Crippen LogP contribution in [0.2, 0.25) is 0 Å². The predicted octanol–water partition coefficient (Wildman–Crippen LogP) is 6.47. The molecule has 0 spiro atoms. The van der Waals surface area contributed by atoms with Gasteiger partial charge in [0.15, 0.2) is 6.54 Å². The number of nitrogens with zero attached hydrogens (tertiary/aromatic N) is 3. The molecule has 2 aromatic heterocycles. The molecular formula is C27H38N3O2S+. The van der Waals surface area contributed by atoms with E-state index in [4.69, 9.17) is 9.84 Å². The summed E-state index contributed by atoms with van der Waals surface area (Å²) in [7, 11) is 4.15. The normalized spacial score (nSPS) is 11.6. The Morgan fingerprint density at radius 3 is 2.42 bits per heavy atom. The van der Waals surface area contributed by atoms with Gasteiger partial charge < -0.3 is 9.22 Å². The van der Waals surface area contributed by atoms with E-state index in [0.29, 0.717) is 24.2 Å². The minimum atomic E-state index is -0.126. The summed E-state index contributed by atoms with van der Waals surface area (Å²) in [4.78, 5) is 13.6. The highest BCUT2D eigenvalue weighted by Gasteiger charge is 2.25. The molecule has 0 saturated carbocycles. The van der Waals surface area contributed by atoms with Crippen LogP contribution in [0.3, 0.4) is 0 Å². The number of benzene rings is 1. The molecule has 178 valence electrons. The van der Waals surface area contributed by atoms with Crippen LogP contribution in [0.25, 0.3) is 16.3 Å². The van der Waals surface area contributed by atoms with E-state index in [0.717, 1.165) is 34.7 Å². The number of thiophene rings is 1. The van der Waals surface area contributed by atoms with Crippen molar-refractivity contribution in [1.29, 1.82) is 0 Å². The van der Waals surface area contributed by atoms with Crippen molar-refractivity contribution in [2.75, 3.05) is 27.2 Å². The Hall–Kier alpha value is -2.44. The van der Waals surface area contributed by atoms with Crippen molar-refractivity contribution < 1.29 is 14.0 Å². The number of aromatic nitrogens is 2. The lowest BCUT2D eigenvalue weighted by atomic mass is 10.1. The molecule has 0 radical (unpaired) electrons. The molecule has 0 fully saturated rings. The van der Waals surface area contributed by atoms with Crippen LogP contribution in [-0.4, -0.2) is 47.5 Å². The largest absolute Gasteiger partial charge is 0.462 e. The standard InChI is InChI=1S/C27H38N3O2S/c1-4-5-6-7-8-9-13-18-32-26(31)22-30(2,3)21-23-20-29(24-15-11-10-12-16-24)28-27(23)25-17-14-19-33-25/h10-12,14-17,19-20H,4-9,13,18,21-22H2,1-3H3/q+1. The molecule has 2 heterocycles. The number of para-hydroxylation sites is 1. The van der Waals surface area contributed by atoms with Crippen LogP contribution in [0.1, 0.15) is 57.4 Å². The van der Waals surface area contributed by atoms with Gasteiger partial charge >= 0.3 is 5.97 Å². The number of esters is 1. The van der Waals surface area contributed by atoms with E-state index < -0.39 is 0 Å². The lowest BCUT2D eigenvalue weighted by Crippen LogP contribution is -2.43. The van der Waals surface area contributed by atoms with E-state index in [-0.39, 0.29) is 5.97 Å². The van der Waals surface area contributed by atoms with Crippen molar-refractivity contribution in [3.8, 4) is 16.3 Å². The maximum atomic E-state index is 12.5. The lowest BCUT2D eigenvalue weighted by Gasteiger charge is -2.28. The number of quaternary nitrogens is 1. The molecule has 3 rings (SSSR count). The highest BCUT2D eigenvalue weighted by atomic mass is 32.1. The Morgan fingerprint density at radius 2 is 1.73 bits per heavy atom. The Balaban J connectivity index is 1.56. The number of hydrogen-bond donors (Lipinski definition) is 0. The predicted molar refractivity (Wildman–Crippen MR) is 137 cm³/mol. The molecule has 3 aromatic rings. The molecule has 0 amide bonds. The molecule has 6 heteroatoms. The second-order valence-electron chi connectivity index (χ2n) is 9.35. The minimum Gasteiger partial charge on any atom is -0.462 e. The summed E-state index contributed by atoms with van der Waals surface area (Å²) in [6, 6.07) is 14.3. The van der Waals surface area contributed by atoms with Gasteiger partial charge in [0.05, 0.1) is 36.8 Å². The van der Waals surface area contributed by atoms with E-state index in [1.54, 1.807) is 11.3 Å². The van der Waals surface area contributed by atoms with E-state index in [9.17, 15) is 4.79 Å². The zero-order valence-electron chi connectivity index (χ0n) is 20.3. The van der Waals surface area contributed by atoms with Gasteiger partial charge in [0.25, 0.3) is 0 Å². The van der Waals surface area contributed by atoms with Crippen LogP contribution in [0.4, 0.5) is 0 Å². The zero-order chi connectivity index (χ0) is 23.5. The first-order chi connectivity index (χ1) is 16.0. The van der Waals surface area contributed by atoms with E-state index in [1.807, 2.05) is 28.9 Å². The number of hydrogen-bond acceptors (Lipinski definition) is 4. The molecular weight excluding hydrogens is 430 g/mol. The van der Waals surface area contributed by atoms with Crippen molar-refractivity contribution >= 4 is 17.3 Å². The molecule has 5 nitrogen and oxygen atoms in total. The monoisotopic (exact) mass is 468 g/mol. The van der Waals surface area contributed by atoms with Crippen LogP contribution in [0, 0.1) is 0 Å². The second kappa shape index (κ2) is 12.7. The van der Waals surface area contributed by atoms with Crippen molar-refractivity contribution in [3.05, 3.63) is 59.6 Å². The molecule has 0 aliphatic rings. The molecule has 0 unspecified atom stereocenters. The van der Waals surface area contributed by atoms with Gasteiger partial charge in [0.1, 0.15) is 12.2 Å². The molecule has 0 N–H and O–H groups in total. The fourth-order valence-electron chi connectivity index (χ4n) is 4.02. The number of likely N-dealkylation sites (N-methyl/N-ethyl adjacent to an activating group) is 1. The number of unbranched alkanes of at least 4 members (excludes halogenated alkanes) is 6. The summed E-state index contributed by atoms with van der Waals surface area (Å²) >= 11 is 1.69. The smallest absolute Gasteiger partial charge is 0.361 e. The number of carbonyl (C=O) groups excluding carboxylic acids is 1. The van der Waals surface area contributed by atoms with Gasteiger partial charge in [-0.1, -0.05) is 69.7 Å². The molecule has 0 aliphatic heterocycles. The van der Waals surface area contributed by atoms with E-state index in [2.05, 4.69) is 50.8 Å². The summed E-state index contributed by atoms with van der Waals surface area (Å²) < 4.78 is 8.00. The number of ether oxygens (including phenoxy) is 1. The average molecular weight is 469 g/mol. The molecule has 1 aromatic carbocycles. The summed E-state index contributed by atoms with van der Waals surface area (Å²) in [6.45, 7) is 3.81. The van der Waals surface area contributed by atoms with Gasteiger partial charge in [0, 0.05) is 6.20 Å². The molecule has 33 heavy (non-hydrogen) atoms. The van der Waals surface area contributed by atoms with Gasteiger partial charge in [-0.05, 0) is 30.0 Å². The van der Waals surface area contributed by atoms with Crippen molar-refractivity contribution in [2.24, 2.45) is 0 Å². The molecule has 0 saturated heterocycles. The van der Waals surface area contributed by atoms with Crippen molar-refractivity contribution in [1.82, 2.24) is 9.78 Å². The highest BCUT2D eigenvalue weighted by molar-refractivity contribution is 7.13. The first kappa shape index (κ1) is 25.2. The minimum absolute atomic E-state index is 0.126. The van der Waals surface area contributed by atoms with E-state index in [1.165, 1.54) is 32.1 Å². The number of carbonyl (C=O) groups is 1. The van der Waals surface area contributed by atoms with Gasteiger partial charge in [-0.2, -0.15) is 5.10 Å². The first-order valence-corrected chi connectivity index (χ1v) is 13.0. The first-order valence-electron chi connectivity index (χ1n) is 12.1. The third kappa shape index (κ3) is 8.13. The quantitative estimate of drug-likeness (QED) is 0.155.